The van der Waals surface area contributed by atoms with Gasteiger partial charge >= 0.3 is 11.9 Å². The smallest absolute Gasteiger partial charge is 0.303 e. The maximum absolute atomic E-state index is 10.4. The van der Waals surface area contributed by atoms with Crippen LogP contribution in [0.2, 0.25) is 0 Å². The Labute approximate surface area is 179 Å². The van der Waals surface area contributed by atoms with Crippen molar-refractivity contribution in [1.29, 1.82) is 0 Å². The summed E-state index contributed by atoms with van der Waals surface area (Å²) in [7, 11) is 0. The van der Waals surface area contributed by atoms with Crippen LogP contribution in [-0.4, -0.2) is 22.2 Å². The molecule has 0 fully saturated rings. The number of rotatable bonds is 24. The summed E-state index contributed by atoms with van der Waals surface area (Å²) in [6.45, 7) is 0. The van der Waals surface area contributed by atoms with Gasteiger partial charge in [0.05, 0.1) is 0 Å². The van der Waals surface area contributed by atoms with E-state index in [1.54, 1.807) is 0 Å². The number of hydrogen-bond acceptors (Lipinski definition) is 2. The highest BCUT2D eigenvalue weighted by molar-refractivity contribution is 5.66. The van der Waals surface area contributed by atoms with Crippen LogP contribution in [0.4, 0.5) is 0 Å². The molecule has 4 nitrogen and oxygen atoms in total. The molecule has 0 aliphatic rings. The zero-order valence-corrected chi connectivity index (χ0v) is 19.0. The number of carboxylic acid groups (broad SMARTS) is 2. The topological polar surface area (TPSA) is 74.6 Å². The van der Waals surface area contributed by atoms with E-state index in [0.717, 1.165) is 25.7 Å². The highest BCUT2D eigenvalue weighted by Gasteiger charge is 1.98. The largest absolute Gasteiger partial charge is 0.481 e. The summed E-state index contributed by atoms with van der Waals surface area (Å²) in [6, 6.07) is 0. The van der Waals surface area contributed by atoms with E-state index in [2.05, 4.69) is 0 Å². The van der Waals surface area contributed by atoms with Crippen molar-refractivity contribution in [3.63, 3.8) is 0 Å². The summed E-state index contributed by atoms with van der Waals surface area (Å²) in [5.41, 5.74) is 0. The third-order valence-corrected chi connectivity index (χ3v) is 5.78. The van der Waals surface area contributed by atoms with E-state index >= 15 is 0 Å². The van der Waals surface area contributed by atoms with E-state index in [4.69, 9.17) is 10.2 Å². The molecule has 0 unspecified atom stereocenters. The molecule has 0 amide bonds. The first-order chi connectivity index (χ1) is 14.1. The molecule has 0 aromatic carbocycles. The molecule has 0 aliphatic heterocycles. The zero-order chi connectivity index (χ0) is 21.4. The molecule has 0 saturated heterocycles. The quantitative estimate of drug-likeness (QED) is 0.157. The van der Waals surface area contributed by atoms with Gasteiger partial charge in [-0.3, -0.25) is 9.59 Å². The minimum atomic E-state index is -0.664. The summed E-state index contributed by atoms with van der Waals surface area (Å²) in [4.78, 5) is 20.8. The molecule has 0 rings (SSSR count). The van der Waals surface area contributed by atoms with Gasteiger partial charge in [0.2, 0.25) is 0 Å². The van der Waals surface area contributed by atoms with E-state index < -0.39 is 11.9 Å². The van der Waals surface area contributed by atoms with Crippen LogP contribution in [0.25, 0.3) is 0 Å². The maximum Gasteiger partial charge on any atom is 0.303 e. The van der Waals surface area contributed by atoms with Crippen LogP contribution in [0.1, 0.15) is 148 Å². The van der Waals surface area contributed by atoms with Crippen molar-refractivity contribution in [2.24, 2.45) is 0 Å². The van der Waals surface area contributed by atoms with Gasteiger partial charge in [0.25, 0.3) is 0 Å². The first kappa shape index (κ1) is 27.9. The summed E-state index contributed by atoms with van der Waals surface area (Å²) < 4.78 is 0. The van der Waals surface area contributed by atoms with Crippen molar-refractivity contribution in [1.82, 2.24) is 0 Å². The van der Waals surface area contributed by atoms with Gasteiger partial charge in [-0.15, -0.1) is 0 Å². The molecule has 2 N–H and O–H groups in total. The molecular weight excluding hydrogens is 364 g/mol. The lowest BCUT2D eigenvalue weighted by Crippen LogP contribution is -1.93. The predicted molar refractivity (Wildman–Crippen MR) is 121 cm³/mol. The van der Waals surface area contributed by atoms with Crippen LogP contribution in [-0.2, 0) is 9.59 Å². The van der Waals surface area contributed by atoms with Gasteiger partial charge in [-0.05, 0) is 12.8 Å². The average molecular weight is 413 g/mol. The van der Waals surface area contributed by atoms with Gasteiger partial charge in [0, 0.05) is 12.8 Å². The van der Waals surface area contributed by atoms with E-state index in [1.807, 2.05) is 0 Å². The van der Waals surface area contributed by atoms with E-state index in [9.17, 15) is 9.59 Å². The lowest BCUT2D eigenvalue weighted by Gasteiger charge is -2.04. The van der Waals surface area contributed by atoms with Gasteiger partial charge in [0.15, 0.2) is 0 Å². The zero-order valence-electron chi connectivity index (χ0n) is 19.0. The lowest BCUT2D eigenvalue weighted by atomic mass is 10.0. The van der Waals surface area contributed by atoms with Gasteiger partial charge in [-0.25, -0.2) is 0 Å². The van der Waals surface area contributed by atoms with Gasteiger partial charge in [-0.1, -0.05) is 122 Å². The number of aliphatic carboxylic acids is 2. The van der Waals surface area contributed by atoms with E-state index in [-0.39, 0.29) is 0 Å². The molecular formula is C25H48O4. The Morgan fingerprint density at radius 2 is 0.448 bits per heavy atom. The van der Waals surface area contributed by atoms with Crippen molar-refractivity contribution in [3.8, 4) is 0 Å². The molecule has 0 aromatic heterocycles. The Hall–Kier alpha value is -1.06. The summed E-state index contributed by atoms with van der Waals surface area (Å²) in [5.74, 6) is -1.33. The molecule has 0 aliphatic carbocycles. The fourth-order valence-electron chi connectivity index (χ4n) is 3.91. The van der Waals surface area contributed by atoms with Gasteiger partial charge < -0.3 is 10.2 Å². The van der Waals surface area contributed by atoms with Crippen molar-refractivity contribution in [2.45, 2.75) is 148 Å². The molecule has 172 valence electrons. The Kier molecular flexibility index (Phi) is 22.4. The van der Waals surface area contributed by atoms with Crippen LogP contribution in [0.3, 0.4) is 0 Å². The molecule has 0 spiro atoms. The minimum absolute atomic E-state index is 0.331. The molecule has 4 heteroatoms. The monoisotopic (exact) mass is 412 g/mol. The number of carboxylic acids is 2. The van der Waals surface area contributed by atoms with Crippen LogP contribution in [0, 0.1) is 0 Å². The Morgan fingerprint density at radius 3 is 0.586 bits per heavy atom. The van der Waals surface area contributed by atoms with Crippen molar-refractivity contribution >= 4 is 11.9 Å². The third-order valence-electron chi connectivity index (χ3n) is 5.78. The molecule has 0 heterocycles. The Bertz CT molecular complexity index is 334. The van der Waals surface area contributed by atoms with Crippen molar-refractivity contribution in [2.75, 3.05) is 0 Å². The van der Waals surface area contributed by atoms with Crippen molar-refractivity contribution < 1.29 is 19.8 Å². The number of carbonyl (C=O) groups is 2. The molecule has 0 radical (unpaired) electrons. The molecule has 29 heavy (non-hydrogen) atoms. The highest BCUT2D eigenvalue weighted by Crippen LogP contribution is 2.15. The van der Waals surface area contributed by atoms with Crippen LogP contribution in [0.5, 0.6) is 0 Å². The fourth-order valence-corrected chi connectivity index (χ4v) is 3.91. The van der Waals surface area contributed by atoms with E-state index in [1.165, 1.54) is 109 Å². The SMILES string of the molecule is O=C(O)CCCCCCCCCCCCCCCCCCCCCCCC(=O)O. The maximum atomic E-state index is 10.4. The second-order valence-corrected chi connectivity index (χ2v) is 8.71. The normalized spacial score (nSPS) is 11.0. The highest BCUT2D eigenvalue weighted by atomic mass is 16.4. The van der Waals surface area contributed by atoms with Crippen LogP contribution >= 0.6 is 0 Å². The predicted octanol–water partition coefficient (Wildman–Crippen LogP) is 8.13. The lowest BCUT2D eigenvalue weighted by molar-refractivity contribution is -0.138. The molecule has 0 aromatic rings. The van der Waals surface area contributed by atoms with Crippen molar-refractivity contribution in [3.05, 3.63) is 0 Å². The summed E-state index contributed by atoms with van der Waals surface area (Å²) >= 11 is 0. The Balaban J connectivity index is 3.01. The van der Waals surface area contributed by atoms with E-state index in [0.29, 0.717) is 12.8 Å². The fraction of sp³-hybridized carbons (Fsp3) is 0.920. The third kappa shape index (κ3) is 26.9. The molecule has 0 atom stereocenters. The minimum Gasteiger partial charge on any atom is -0.481 e. The first-order valence-corrected chi connectivity index (χ1v) is 12.6. The number of unbranched alkanes of at least 4 members (excludes halogenated alkanes) is 20. The second-order valence-electron chi connectivity index (χ2n) is 8.71. The summed E-state index contributed by atoms with van der Waals surface area (Å²) in [6.07, 6.45) is 27.2. The summed E-state index contributed by atoms with van der Waals surface area (Å²) in [5, 5.41) is 17.2. The first-order valence-electron chi connectivity index (χ1n) is 12.6. The van der Waals surface area contributed by atoms with Gasteiger partial charge in [-0.2, -0.15) is 0 Å². The van der Waals surface area contributed by atoms with Crippen LogP contribution < -0.4 is 0 Å². The van der Waals surface area contributed by atoms with Crippen LogP contribution in [0.15, 0.2) is 0 Å². The standard InChI is InChI=1S/C25H48O4/c26-24(27)22-20-18-16-14-12-10-8-6-4-2-1-3-5-7-9-11-13-15-17-19-21-23-25(28)29/h1-23H2,(H,26,27)(H,28,29). The average Bonchev–Trinajstić information content (AvgIpc) is 2.68. The van der Waals surface area contributed by atoms with Gasteiger partial charge in [0.1, 0.15) is 0 Å². The number of hydrogen-bond donors (Lipinski definition) is 2. The second kappa shape index (κ2) is 23.2. The Morgan fingerprint density at radius 1 is 0.310 bits per heavy atom. The molecule has 0 saturated carbocycles. The molecule has 0 bridgehead atoms.